The Bertz CT molecular complexity index is 1220. The number of anilines is 1. The summed E-state index contributed by atoms with van der Waals surface area (Å²) in [5.41, 5.74) is 1.97. The zero-order valence-electron chi connectivity index (χ0n) is 16.2. The zero-order chi connectivity index (χ0) is 20.7. The molecule has 1 fully saturated rings. The number of carbonyl (C=O) groups is 1. The molecule has 30 heavy (non-hydrogen) atoms. The Hall–Kier alpha value is -3.88. The SMILES string of the molecule is Cc1cc(=O)[nH]c(-n2nc(C3CC3)cc2NC(=O)C=Cc2ccc3c(c2)OCO3)n1. The first-order chi connectivity index (χ1) is 14.5. The van der Waals surface area contributed by atoms with Crippen molar-refractivity contribution in [3.63, 3.8) is 0 Å². The Labute approximate surface area is 171 Å². The van der Waals surface area contributed by atoms with Crippen LogP contribution in [-0.4, -0.2) is 32.4 Å². The van der Waals surface area contributed by atoms with Crippen LogP contribution in [0.5, 0.6) is 11.5 Å². The third-order valence-corrected chi connectivity index (χ3v) is 4.86. The lowest BCUT2D eigenvalue weighted by Crippen LogP contribution is -2.17. The van der Waals surface area contributed by atoms with Crippen LogP contribution in [-0.2, 0) is 4.79 Å². The molecule has 9 nitrogen and oxygen atoms in total. The van der Waals surface area contributed by atoms with Crippen molar-refractivity contribution in [3.05, 3.63) is 63.7 Å². The van der Waals surface area contributed by atoms with Gasteiger partial charge in [-0.05, 0) is 43.5 Å². The highest BCUT2D eigenvalue weighted by Gasteiger charge is 2.28. The average Bonchev–Trinajstić information content (AvgIpc) is 3.31. The van der Waals surface area contributed by atoms with Crippen molar-refractivity contribution in [1.29, 1.82) is 0 Å². The maximum absolute atomic E-state index is 12.5. The molecule has 1 aromatic carbocycles. The molecule has 152 valence electrons. The highest BCUT2D eigenvalue weighted by Crippen LogP contribution is 2.40. The van der Waals surface area contributed by atoms with Gasteiger partial charge in [0, 0.05) is 29.8 Å². The Kier molecular flexibility index (Phi) is 4.35. The van der Waals surface area contributed by atoms with Crippen LogP contribution in [0.4, 0.5) is 5.82 Å². The number of rotatable bonds is 5. The Balaban J connectivity index is 1.39. The first-order valence-electron chi connectivity index (χ1n) is 9.62. The predicted octanol–water partition coefficient (Wildman–Crippen LogP) is 2.52. The van der Waals surface area contributed by atoms with E-state index in [9.17, 15) is 9.59 Å². The van der Waals surface area contributed by atoms with Crippen molar-refractivity contribution < 1.29 is 14.3 Å². The fourth-order valence-electron chi connectivity index (χ4n) is 3.25. The van der Waals surface area contributed by atoms with Crippen molar-refractivity contribution in [2.24, 2.45) is 0 Å². The molecule has 9 heteroatoms. The van der Waals surface area contributed by atoms with E-state index >= 15 is 0 Å². The first kappa shape index (κ1) is 18.2. The molecule has 0 bridgehead atoms. The molecule has 3 heterocycles. The summed E-state index contributed by atoms with van der Waals surface area (Å²) in [7, 11) is 0. The van der Waals surface area contributed by atoms with Crippen LogP contribution in [0.2, 0.25) is 0 Å². The number of hydrogen-bond donors (Lipinski definition) is 2. The smallest absolute Gasteiger partial charge is 0.252 e. The molecule has 2 aromatic heterocycles. The molecule has 5 rings (SSSR count). The van der Waals surface area contributed by atoms with Crippen LogP contribution in [0, 0.1) is 6.92 Å². The van der Waals surface area contributed by atoms with Crippen molar-refractivity contribution in [2.45, 2.75) is 25.7 Å². The molecular formula is C21H19N5O4. The molecule has 3 aromatic rings. The highest BCUT2D eigenvalue weighted by molar-refractivity contribution is 6.01. The number of aryl methyl sites for hydroxylation is 1. The van der Waals surface area contributed by atoms with E-state index in [1.807, 2.05) is 18.2 Å². The van der Waals surface area contributed by atoms with Gasteiger partial charge in [-0.15, -0.1) is 0 Å². The zero-order valence-corrected chi connectivity index (χ0v) is 16.2. The van der Waals surface area contributed by atoms with Crippen molar-refractivity contribution in [2.75, 3.05) is 12.1 Å². The summed E-state index contributed by atoms with van der Waals surface area (Å²) >= 11 is 0. The topological polar surface area (TPSA) is 111 Å². The standard InChI is InChI=1S/C21H19N5O4/c1-12-8-20(28)24-21(22-12)26-18(10-15(25-26)14-4-5-14)23-19(27)7-3-13-2-6-16-17(9-13)30-11-29-16/h2-3,6-10,14H,4-5,11H2,1H3,(H,23,27)(H,22,24,28). The van der Waals surface area contributed by atoms with Crippen molar-refractivity contribution >= 4 is 17.8 Å². The summed E-state index contributed by atoms with van der Waals surface area (Å²) in [6, 6.07) is 8.68. The largest absolute Gasteiger partial charge is 0.454 e. The maximum Gasteiger partial charge on any atom is 0.252 e. The van der Waals surface area contributed by atoms with Gasteiger partial charge < -0.3 is 14.8 Å². The first-order valence-corrected chi connectivity index (χ1v) is 9.62. The van der Waals surface area contributed by atoms with Gasteiger partial charge in [0.15, 0.2) is 11.5 Å². The number of hydrogen-bond acceptors (Lipinski definition) is 6. The van der Waals surface area contributed by atoms with Gasteiger partial charge in [-0.2, -0.15) is 9.78 Å². The summed E-state index contributed by atoms with van der Waals surface area (Å²) in [5, 5.41) is 7.38. The second-order valence-electron chi connectivity index (χ2n) is 7.29. The fraction of sp³-hybridized carbons (Fsp3) is 0.238. The minimum Gasteiger partial charge on any atom is -0.454 e. The lowest BCUT2D eigenvalue weighted by atomic mass is 10.2. The van der Waals surface area contributed by atoms with Crippen LogP contribution in [0.25, 0.3) is 12.0 Å². The highest BCUT2D eigenvalue weighted by atomic mass is 16.7. The quantitative estimate of drug-likeness (QED) is 0.631. The summed E-state index contributed by atoms with van der Waals surface area (Å²) in [4.78, 5) is 31.4. The number of carbonyl (C=O) groups excluding carboxylic acids is 1. The summed E-state index contributed by atoms with van der Waals surface area (Å²) < 4.78 is 12.1. The van der Waals surface area contributed by atoms with E-state index in [0.717, 1.165) is 24.1 Å². The van der Waals surface area contributed by atoms with Gasteiger partial charge in [0.05, 0.1) is 5.69 Å². The number of ether oxygens (including phenoxy) is 2. The predicted molar refractivity (Wildman–Crippen MR) is 109 cm³/mol. The number of amides is 1. The summed E-state index contributed by atoms with van der Waals surface area (Å²) in [6.45, 7) is 1.93. The number of nitrogens with zero attached hydrogens (tertiary/aromatic N) is 3. The van der Waals surface area contributed by atoms with Gasteiger partial charge in [0.1, 0.15) is 5.82 Å². The van der Waals surface area contributed by atoms with Gasteiger partial charge in [0.2, 0.25) is 18.6 Å². The van der Waals surface area contributed by atoms with E-state index in [1.54, 1.807) is 19.1 Å². The Morgan fingerprint density at radius 3 is 2.87 bits per heavy atom. The van der Waals surface area contributed by atoms with Gasteiger partial charge >= 0.3 is 0 Å². The molecule has 0 atom stereocenters. The van der Waals surface area contributed by atoms with Crippen molar-refractivity contribution in [1.82, 2.24) is 19.7 Å². The van der Waals surface area contributed by atoms with Gasteiger partial charge in [0.25, 0.3) is 5.56 Å². The second-order valence-corrected chi connectivity index (χ2v) is 7.29. The molecule has 0 spiro atoms. The van der Waals surface area contributed by atoms with E-state index in [1.165, 1.54) is 16.8 Å². The van der Waals surface area contributed by atoms with E-state index in [2.05, 4.69) is 20.4 Å². The average molecular weight is 405 g/mol. The van der Waals surface area contributed by atoms with Gasteiger partial charge in [-0.3, -0.25) is 14.6 Å². The summed E-state index contributed by atoms with van der Waals surface area (Å²) in [6.07, 6.45) is 5.24. The molecule has 2 aliphatic rings. The van der Waals surface area contributed by atoms with Crippen LogP contribution < -0.4 is 20.3 Å². The third-order valence-electron chi connectivity index (χ3n) is 4.86. The van der Waals surface area contributed by atoms with Crippen LogP contribution in [0.1, 0.15) is 35.7 Å². The number of aromatic amines is 1. The molecule has 2 N–H and O–H groups in total. The molecular weight excluding hydrogens is 386 g/mol. The van der Waals surface area contributed by atoms with Gasteiger partial charge in [-0.1, -0.05) is 6.07 Å². The maximum atomic E-state index is 12.5. The van der Waals surface area contributed by atoms with E-state index in [-0.39, 0.29) is 24.2 Å². The lowest BCUT2D eigenvalue weighted by molar-refractivity contribution is -0.111. The molecule has 0 unspecified atom stereocenters. The van der Waals surface area contributed by atoms with Gasteiger partial charge in [-0.25, -0.2) is 4.98 Å². The van der Waals surface area contributed by atoms with Crippen molar-refractivity contribution in [3.8, 4) is 17.4 Å². The second kappa shape index (κ2) is 7.18. The van der Waals surface area contributed by atoms with E-state index < -0.39 is 0 Å². The van der Waals surface area contributed by atoms with Crippen LogP contribution in [0.15, 0.2) is 41.2 Å². The number of aromatic nitrogens is 4. The van der Waals surface area contributed by atoms with Crippen LogP contribution in [0.3, 0.4) is 0 Å². The molecule has 1 aliphatic heterocycles. The minimum atomic E-state index is -0.328. The monoisotopic (exact) mass is 405 g/mol. The Morgan fingerprint density at radius 2 is 2.07 bits per heavy atom. The fourth-order valence-corrected chi connectivity index (χ4v) is 3.25. The molecule has 0 radical (unpaired) electrons. The number of fused-ring (bicyclic) bond motifs is 1. The normalized spacial score (nSPS) is 15.0. The van der Waals surface area contributed by atoms with E-state index in [4.69, 9.17) is 9.47 Å². The number of nitrogens with one attached hydrogen (secondary N) is 2. The minimum absolute atomic E-state index is 0.200. The number of H-pyrrole nitrogens is 1. The third kappa shape index (κ3) is 3.69. The Morgan fingerprint density at radius 1 is 1.23 bits per heavy atom. The summed E-state index contributed by atoms with van der Waals surface area (Å²) in [5.74, 6) is 2.11. The molecule has 0 saturated heterocycles. The van der Waals surface area contributed by atoms with Crippen LogP contribution >= 0.6 is 0 Å². The molecule has 1 aliphatic carbocycles. The molecule has 1 saturated carbocycles. The number of benzene rings is 1. The molecule has 1 amide bonds. The lowest BCUT2D eigenvalue weighted by Gasteiger charge is -2.07. The van der Waals surface area contributed by atoms with E-state index in [0.29, 0.717) is 28.9 Å².